The number of benzene rings is 1. The molecule has 0 aliphatic heterocycles. The molecule has 0 aliphatic rings. The molecule has 1 aromatic rings. The summed E-state index contributed by atoms with van der Waals surface area (Å²) in [5.74, 6) is -3.13. The number of urea groups is 1. The number of methoxy groups -OCH3 is 1. The zero-order chi connectivity index (χ0) is 20.8. The summed E-state index contributed by atoms with van der Waals surface area (Å²) in [6.07, 6.45) is -4.63. The van der Waals surface area contributed by atoms with Crippen LogP contribution >= 0.6 is 0 Å². The van der Waals surface area contributed by atoms with Crippen LogP contribution < -0.4 is 10.1 Å². The molecule has 0 heterocycles. The third-order valence-electron chi connectivity index (χ3n) is 3.35. The van der Waals surface area contributed by atoms with E-state index in [2.05, 4.69) is 14.8 Å². The lowest BCUT2D eigenvalue weighted by Gasteiger charge is -2.21. The Balaban J connectivity index is 3.01. The molecular weight excluding hydrogens is 373 g/mol. The molecule has 0 saturated carbocycles. The van der Waals surface area contributed by atoms with Crippen molar-refractivity contribution in [2.75, 3.05) is 32.6 Å². The molecule has 1 aromatic carbocycles. The lowest BCUT2D eigenvalue weighted by molar-refractivity contribution is -0.153. The van der Waals surface area contributed by atoms with Crippen LogP contribution in [0.3, 0.4) is 0 Å². The quantitative estimate of drug-likeness (QED) is 0.691. The van der Waals surface area contributed by atoms with Crippen LogP contribution in [0.5, 0.6) is 5.75 Å². The summed E-state index contributed by atoms with van der Waals surface area (Å²) in [7, 11) is 2.43. The molecule has 27 heavy (non-hydrogen) atoms. The van der Waals surface area contributed by atoms with Crippen molar-refractivity contribution in [3.63, 3.8) is 0 Å². The maximum absolute atomic E-state index is 12.4. The van der Waals surface area contributed by atoms with Gasteiger partial charge in [-0.25, -0.2) is 9.59 Å². The molecule has 0 radical (unpaired) electrons. The largest absolute Gasteiger partial charge is 0.482 e. The van der Waals surface area contributed by atoms with Gasteiger partial charge in [-0.05, 0) is 18.2 Å². The number of rotatable bonds is 7. The highest BCUT2D eigenvalue weighted by molar-refractivity contribution is 5.94. The fourth-order valence-corrected chi connectivity index (χ4v) is 1.93. The number of hydrogen-bond donors (Lipinski definition) is 2. The Hall–Kier alpha value is -2.98. The molecule has 2 amide bonds. The van der Waals surface area contributed by atoms with E-state index in [0.29, 0.717) is 0 Å². The molecule has 0 fully saturated rings. The first-order valence-corrected chi connectivity index (χ1v) is 7.61. The number of nitrogens with one attached hydrogen (secondary N) is 1. The van der Waals surface area contributed by atoms with Gasteiger partial charge in [0.05, 0.1) is 24.3 Å². The average molecular weight is 392 g/mol. The van der Waals surface area contributed by atoms with Gasteiger partial charge in [0.1, 0.15) is 5.75 Å². The first-order valence-electron chi connectivity index (χ1n) is 7.61. The summed E-state index contributed by atoms with van der Waals surface area (Å²) < 4.78 is 46.5. The van der Waals surface area contributed by atoms with Crippen molar-refractivity contribution < 1.29 is 42.1 Å². The van der Waals surface area contributed by atoms with E-state index in [0.717, 1.165) is 18.1 Å². The monoisotopic (exact) mass is 392 g/mol. The van der Waals surface area contributed by atoms with Crippen molar-refractivity contribution in [2.45, 2.75) is 13.1 Å². The molecule has 1 rings (SSSR count). The molecule has 2 N–H and O–H groups in total. The first kappa shape index (κ1) is 22.1. The molecule has 0 spiro atoms. The minimum atomic E-state index is -4.63. The van der Waals surface area contributed by atoms with Gasteiger partial charge >= 0.3 is 24.1 Å². The number of halogens is 3. The number of anilines is 1. The van der Waals surface area contributed by atoms with Gasteiger partial charge in [0.25, 0.3) is 0 Å². The van der Waals surface area contributed by atoms with Crippen molar-refractivity contribution in [3.8, 4) is 5.75 Å². The third kappa shape index (κ3) is 7.04. The normalized spacial score (nSPS) is 12.1. The second-order valence-corrected chi connectivity index (χ2v) is 5.66. The number of carbonyl (C=O) groups is 3. The molecule has 0 aliphatic carbocycles. The Morgan fingerprint density at radius 3 is 2.44 bits per heavy atom. The Morgan fingerprint density at radius 1 is 1.30 bits per heavy atom. The molecule has 1 atom stereocenters. The van der Waals surface area contributed by atoms with E-state index >= 15 is 0 Å². The van der Waals surface area contributed by atoms with Gasteiger partial charge in [0, 0.05) is 13.6 Å². The highest BCUT2D eigenvalue weighted by Gasteiger charge is 2.29. The highest BCUT2D eigenvalue weighted by atomic mass is 19.4. The number of aliphatic carboxylic acids is 1. The second kappa shape index (κ2) is 9.10. The number of esters is 1. The Kier molecular flexibility index (Phi) is 7.44. The highest BCUT2D eigenvalue weighted by Crippen LogP contribution is 2.28. The van der Waals surface area contributed by atoms with Gasteiger partial charge in [-0.15, -0.1) is 0 Å². The van der Waals surface area contributed by atoms with Crippen LogP contribution in [0.15, 0.2) is 18.2 Å². The summed E-state index contributed by atoms with van der Waals surface area (Å²) >= 11 is 0. The molecule has 11 heteroatoms. The molecular formula is C16H19F3N2O6. The van der Waals surface area contributed by atoms with E-state index < -0.39 is 36.7 Å². The first-order chi connectivity index (χ1) is 12.4. The predicted octanol–water partition coefficient (Wildman–Crippen LogP) is 2.60. The standard InChI is InChI=1S/C16H19F3N2O6/c1-9(13(22)23)7-21(2)15(25)20-11-5-4-10(14(24)26-3)6-12(11)27-8-16(17,18)19/h4-6,9H,7-8H2,1-3H3,(H,20,25)(H,22,23). The number of ether oxygens (including phenoxy) is 2. The number of hydrogen-bond acceptors (Lipinski definition) is 5. The zero-order valence-corrected chi connectivity index (χ0v) is 14.8. The maximum atomic E-state index is 12.4. The summed E-state index contributed by atoms with van der Waals surface area (Å²) in [4.78, 5) is 35.6. The van der Waals surface area contributed by atoms with E-state index in [9.17, 15) is 27.6 Å². The minimum Gasteiger partial charge on any atom is -0.482 e. The Bertz CT molecular complexity index is 708. The van der Waals surface area contributed by atoms with Gasteiger partial charge in [0.15, 0.2) is 6.61 Å². The molecule has 0 saturated heterocycles. The predicted molar refractivity (Wildman–Crippen MR) is 87.8 cm³/mol. The summed E-state index contributed by atoms with van der Waals surface area (Å²) in [5, 5.41) is 11.2. The number of carbonyl (C=O) groups excluding carboxylic acids is 2. The average Bonchev–Trinajstić information content (AvgIpc) is 2.58. The topological polar surface area (TPSA) is 105 Å². The van der Waals surface area contributed by atoms with Crippen LogP contribution in [0.1, 0.15) is 17.3 Å². The van der Waals surface area contributed by atoms with E-state index in [4.69, 9.17) is 5.11 Å². The van der Waals surface area contributed by atoms with Gasteiger partial charge in [-0.2, -0.15) is 13.2 Å². The molecule has 0 aromatic heterocycles. The Morgan fingerprint density at radius 2 is 1.93 bits per heavy atom. The van der Waals surface area contributed by atoms with Crippen molar-refractivity contribution in [1.82, 2.24) is 4.90 Å². The molecule has 1 unspecified atom stereocenters. The smallest absolute Gasteiger partial charge is 0.422 e. The van der Waals surface area contributed by atoms with Crippen LogP contribution in [0.2, 0.25) is 0 Å². The lowest BCUT2D eigenvalue weighted by Crippen LogP contribution is -2.36. The van der Waals surface area contributed by atoms with E-state index in [-0.39, 0.29) is 23.5 Å². The van der Waals surface area contributed by atoms with Crippen LogP contribution in [0, 0.1) is 5.92 Å². The van der Waals surface area contributed by atoms with Crippen molar-refractivity contribution in [3.05, 3.63) is 23.8 Å². The molecule has 0 bridgehead atoms. The summed E-state index contributed by atoms with van der Waals surface area (Å²) in [5.41, 5.74) is -0.188. The number of carboxylic acid groups (broad SMARTS) is 1. The second-order valence-electron chi connectivity index (χ2n) is 5.66. The summed E-state index contributed by atoms with van der Waals surface area (Å²) in [6, 6.07) is 2.67. The maximum Gasteiger partial charge on any atom is 0.422 e. The van der Waals surface area contributed by atoms with Gasteiger partial charge in [-0.1, -0.05) is 6.92 Å². The van der Waals surface area contributed by atoms with Gasteiger partial charge in [-0.3, -0.25) is 4.79 Å². The Labute approximate surface area is 152 Å². The minimum absolute atomic E-state index is 0.0690. The summed E-state index contributed by atoms with van der Waals surface area (Å²) in [6.45, 7) is -0.359. The van der Waals surface area contributed by atoms with Crippen LogP contribution in [0.25, 0.3) is 0 Å². The van der Waals surface area contributed by atoms with E-state index in [1.807, 2.05) is 0 Å². The van der Waals surface area contributed by atoms with Crippen molar-refractivity contribution in [2.24, 2.45) is 5.92 Å². The third-order valence-corrected chi connectivity index (χ3v) is 3.35. The SMILES string of the molecule is COC(=O)c1ccc(NC(=O)N(C)CC(C)C(=O)O)c(OCC(F)(F)F)c1. The number of alkyl halides is 3. The number of amides is 2. The fourth-order valence-electron chi connectivity index (χ4n) is 1.93. The zero-order valence-electron chi connectivity index (χ0n) is 14.8. The van der Waals surface area contributed by atoms with Crippen molar-refractivity contribution in [1.29, 1.82) is 0 Å². The molecule has 150 valence electrons. The molecule has 8 nitrogen and oxygen atoms in total. The van der Waals surface area contributed by atoms with Crippen LogP contribution in [-0.4, -0.2) is 61.5 Å². The van der Waals surface area contributed by atoms with Crippen LogP contribution in [0.4, 0.5) is 23.7 Å². The number of carboxylic acids is 1. The van der Waals surface area contributed by atoms with Crippen molar-refractivity contribution >= 4 is 23.7 Å². The van der Waals surface area contributed by atoms with Gasteiger partial charge < -0.3 is 24.8 Å². The van der Waals surface area contributed by atoms with Gasteiger partial charge in [0.2, 0.25) is 0 Å². The van der Waals surface area contributed by atoms with Crippen LogP contribution in [-0.2, 0) is 9.53 Å². The van der Waals surface area contributed by atoms with E-state index in [1.54, 1.807) is 0 Å². The number of nitrogens with zero attached hydrogens (tertiary/aromatic N) is 1. The lowest BCUT2D eigenvalue weighted by atomic mass is 10.2. The fraction of sp³-hybridized carbons (Fsp3) is 0.438. The van der Waals surface area contributed by atoms with E-state index in [1.165, 1.54) is 26.1 Å².